The van der Waals surface area contributed by atoms with Crippen LogP contribution in [0.15, 0.2) is 36.7 Å². The van der Waals surface area contributed by atoms with Gasteiger partial charge in [0.1, 0.15) is 0 Å². The van der Waals surface area contributed by atoms with Gasteiger partial charge in [-0.2, -0.15) is 0 Å². The van der Waals surface area contributed by atoms with Gasteiger partial charge in [-0.1, -0.05) is 23.7 Å². The van der Waals surface area contributed by atoms with E-state index in [9.17, 15) is 5.11 Å². The second kappa shape index (κ2) is 6.28. The lowest BCUT2D eigenvalue weighted by molar-refractivity contribution is 0.282. The minimum Gasteiger partial charge on any atom is -0.392 e. The monoisotopic (exact) mass is 304 g/mol. The first-order valence-corrected chi connectivity index (χ1v) is 7.32. The molecule has 1 N–H and O–H groups in total. The van der Waals surface area contributed by atoms with Crippen molar-refractivity contribution in [1.82, 2.24) is 9.97 Å². The molecule has 1 aromatic carbocycles. The molecule has 21 heavy (non-hydrogen) atoms. The Morgan fingerprint density at radius 3 is 2.33 bits per heavy atom. The highest BCUT2D eigenvalue weighted by atomic mass is 35.5. The molecule has 110 valence electrons. The Balaban J connectivity index is 1.75. The molecular formula is C15H17ClN4O. The van der Waals surface area contributed by atoms with Gasteiger partial charge in [-0.15, -0.1) is 0 Å². The van der Waals surface area contributed by atoms with E-state index in [-0.39, 0.29) is 6.61 Å². The van der Waals surface area contributed by atoms with E-state index >= 15 is 0 Å². The lowest BCUT2D eigenvalue weighted by Crippen LogP contribution is -2.47. The maximum Gasteiger partial charge on any atom is 0.225 e. The molecule has 1 aliphatic heterocycles. The van der Waals surface area contributed by atoms with Gasteiger partial charge in [-0.25, -0.2) is 9.97 Å². The molecule has 2 aromatic rings. The Kier molecular flexibility index (Phi) is 4.22. The summed E-state index contributed by atoms with van der Waals surface area (Å²) < 4.78 is 0. The molecule has 0 saturated carbocycles. The molecule has 0 radical (unpaired) electrons. The summed E-state index contributed by atoms with van der Waals surface area (Å²) >= 11 is 6.30. The first-order chi connectivity index (χ1) is 10.3. The molecule has 0 amide bonds. The Labute approximate surface area is 128 Å². The fourth-order valence-electron chi connectivity index (χ4n) is 2.63. The van der Waals surface area contributed by atoms with E-state index in [4.69, 9.17) is 11.6 Å². The van der Waals surface area contributed by atoms with E-state index in [2.05, 4.69) is 19.8 Å². The van der Waals surface area contributed by atoms with Crippen molar-refractivity contribution in [3.63, 3.8) is 0 Å². The number of aliphatic hydroxyl groups excluding tert-OH is 1. The van der Waals surface area contributed by atoms with Crippen LogP contribution in [0.3, 0.4) is 0 Å². The molecule has 3 rings (SSSR count). The third-order valence-electron chi connectivity index (χ3n) is 3.67. The van der Waals surface area contributed by atoms with Crippen molar-refractivity contribution in [3.05, 3.63) is 47.2 Å². The summed E-state index contributed by atoms with van der Waals surface area (Å²) in [7, 11) is 0. The smallest absolute Gasteiger partial charge is 0.225 e. The number of benzene rings is 1. The number of halogens is 1. The lowest BCUT2D eigenvalue weighted by atomic mass is 10.1. The van der Waals surface area contributed by atoms with E-state index < -0.39 is 0 Å². The lowest BCUT2D eigenvalue weighted by Gasteiger charge is -2.37. The fraction of sp³-hybridized carbons (Fsp3) is 0.333. The van der Waals surface area contributed by atoms with E-state index in [0.717, 1.165) is 43.4 Å². The number of rotatable bonds is 3. The molecular weight excluding hydrogens is 288 g/mol. The average Bonchev–Trinajstić information content (AvgIpc) is 2.55. The predicted octanol–water partition coefficient (Wildman–Crippen LogP) is 1.95. The topological polar surface area (TPSA) is 52.5 Å². The van der Waals surface area contributed by atoms with Gasteiger partial charge in [-0.05, 0) is 12.1 Å². The number of nitrogens with zero attached hydrogens (tertiary/aromatic N) is 4. The number of hydrogen-bond acceptors (Lipinski definition) is 5. The molecule has 0 bridgehead atoms. The van der Waals surface area contributed by atoms with E-state index in [1.54, 1.807) is 12.4 Å². The molecule has 0 aliphatic carbocycles. The second-order valence-corrected chi connectivity index (χ2v) is 5.34. The van der Waals surface area contributed by atoms with E-state index in [0.29, 0.717) is 5.02 Å². The second-order valence-electron chi connectivity index (χ2n) is 4.93. The average molecular weight is 305 g/mol. The SMILES string of the molecule is OCc1cccc(Cl)c1N1CCN(c2ncccn2)CC1. The number of piperazine rings is 1. The Hall–Kier alpha value is -1.85. The Morgan fingerprint density at radius 1 is 1.00 bits per heavy atom. The number of hydrogen-bond donors (Lipinski definition) is 1. The number of para-hydroxylation sites is 1. The van der Waals surface area contributed by atoms with Crippen molar-refractivity contribution in [1.29, 1.82) is 0 Å². The highest BCUT2D eigenvalue weighted by Gasteiger charge is 2.22. The zero-order valence-electron chi connectivity index (χ0n) is 11.6. The van der Waals surface area contributed by atoms with Gasteiger partial charge in [0.15, 0.2) is 0 Å². The molecule has 1 aromatic heterocycles. The summed E-state index contributed by atoms with van der Waals surface area (Å²) in [5, 5.41) is 10.2. The van der Waals surface area contributed by atoms with Crippen LogP contribution in [0, 0.1) is 0 Å². The largest absolute Gasteiger partial charge is 0.392 e. The molecule has 0 atom stereocenters. The van der Waals surface area contributed by atoms with Crippen LogP contribution in [0.2, 0.25) is 5.02 Å². The van der Waals surface area contributed by atoms with Crippen LogP contribution in [0.25, 0.3) is 0 Å². The first kappa shape index (κ1) is 14.1. The number of anilines is 2. The molecule has 5 nitrogen and oxygen atoms in total. The van der Waals surface area contributed by atoms with Crippen molar-refractivity contribution in [2.75, 3.05) is 36.0 Å². The highest BCUT2D eigenvalue weighted by Crippen LogP contribution is 2.31. The summed E-state index contributed by atoms with van der Waals surface area (Å²) in [4.78, 5) is 12.9. The minimum absolute atomic E-state index is 0.00208. The van der Waals surface area contributed by atoms with E-state index in [1.165, 1.54) is 0 Å². The predicted molar refractivity (Wildman–Crippen MR) is 83.8 cm³/mol. The summed E-state index contributed by atoms with van der Waals surface area (Å²) in [6.07, 6.45) is 3.51. The van der Waals surface area contributed by atoms with Crippen molar-refractivity contribution >= 4 is 23.2 Å². The molecule has 2 heterocycles. The van der Waals surface area contributed by atoms with Gasteiger partial charge in [0.25, 0.3) is 0 Å². The van der Waals surface area contributed by atoms with Crippen molar-refractivity contribution in [2.24, 2.45) is 0 Å². The van der Waals surface area contributed by atoms with Gasteiger partial charge in [0.05, 0.1) is 17.3 Å². The van der Waals surface area contributed by atoms with E-state index in [1.807, 2.05) is 24.3 Å². The van der Waals surface area contributed by atoms with Crippen LogP contribution < -0.4 is 9.80 Å². The Morgan fingerprint density at radius 2 is 1.67 bits per heavy atom. The Bertz CT molecular complexity index is 600. The quantitative estimate of drug-likeness (QED) is 0.939. The van der Waals surface area contributed by atoms with Crippen molar-refractivity contribution in [3.8, 4) is 0 Å². The molecule has 6 heteroatoms. The van der Waals surface area contributed by atoms with Crippen LogP contribution in [-0.4, -0.2) is 41.3 Å². The minimum atomic E-state index is -0.00208. The molecule has 0 unspecified atom stereocenters. The fourth-order valence-corrected chi connectivity index (χ4v) is 2.94. The zero-order chi connectivity index (χ0) is 14.7. The maximum atomic E-state index is 9.49. The highest BCUT2D eigenvalue weighted by molar-refractivity contribution is 6.33. The molecule has 1 aliphatic rings. The van der Waals surface area contributed by atoms with Gasteiger partial charge < -0.3 is 14.9 Å². The van der Waals surface area contributed by atoms with Crippen molar-refractivity contribution in [2.45, 2.75) is 6.61 Å². The van der Waals surface area contributed by atoms with Crippen LogP contribution in [0.5, 0.6) is 0 Å². The molecule has 1 saturated heterocycles. The normalized spacial score (nSPS) is 15.3. The first-order valence-electron chi connectivity index (χ1n) is 6.95. The van der Waals surface area contributed by atoms with Crippen LogP contribution >= 0.6 is 11.6 Å². The van der Waals surface area contributed by atoms with Crippen LogP contribution in [-0.2, 0) is 6.61 Å². The van der Waals surface area contributed by atoms with Gasteiger partial charge in [0.2, 0.25) is 5.95 Å². The van der Waals surface area contributed by atoms with Gasteiger partial charge in [-0.3, -0.25) is 0 Å². The summed E-state index contributed by atoms with van der Waals surface area (Å²) in [6.45, 7) is 3.32. The number of aliphatic hydroxyl groups is 1. The van der Waals surface area contributed by atoms with Crippen LogP contribution in [0.4, 0.5) is 11.6 Å². The van der Waals surface area contributed by atoms with Gasteiger partial charge >= 0.3 is 0 Å². The summed E-state index contributed by atoms with van der Waals surface area (Å²) in [6, 6.07) is 7.46. The third-order valence-corrected chi connectivity index (χ3v) is 3.98. The molecule has 0 spiro atoms. The summed E-state index contributed by atoms with van der Waals surface area (Å²) in [5.41, 5.74) is 1.81. The third kappa shape index (κ3) is 2.94. The maximum absolute atomic E-state index is 9.49. The van der Waals surface area contributed by atoms with Gasteiger partial charge in [0, 0.05) is 44.1 Å². The van der Waals surface area contributed by atoms with Crippen LogP contribution in [0.1, 0.15) is 5.56 Å². The standard InChI is InChI=1S/C15H17ClN4O/c16-13-4-1-3-12(11-21)14(13)19-7-9-20(10-8-19)15-17-5-2-6-18-15/h1-6,21H,7-11H2. The molecule has 1 fully saturated rings. The van der Waals surface area contributed by atoms with Crippen molar-refractivity contribution < 1.29 is 5.11 Å². The zero-order valence-corrected chi connectivity index (χ0v) is 12.4. The number of aromatic nitrogens is 2. The summed E-state index contributed by atoms with van der Waals surface area (Å²) in [5.74, 6) is 0.763.